The number of hydrogen-bond donors (Lipinski definition) is 2. The average Bonchev–Trinajstić information content (AvgIpc) is 3.01. The average molecular weight is 426 g/mol. The highest BCUT2D eigenvalue weighted by Gasteiger charge is 2.28. The second kappa shape index (κ2) is 9.49. The number of halogens is 2. The van der Waals surface area contributed by atoms with Crippen LogP contribution >= 0.6 is 23.7 Å². The molecular weight excluding hydrogens is 401 g/mol. The van der Waals surface area contributed by atoms with E-state index >= 15 is 0 Å². The van der Waals surface area contributed by atoms with Crippen LogP contribution < -0.4 is 11.1 Å². The van der Waals surface area contributed by atoms with E-state index in [4.69, 9.17) is 5.73 Å². The van der Waals surface area contributed by atoms with Gasteiger partial charge in [-0.05, 0) is 62.4 Å². The van der Waals surface area contributed by atoms with Crippen molar-refractivity contribution in [2.45, 2.75) is 32.7 Å². The number of anilines is 1. The molecule has 1 fully saturated rings. The molecule has 0 saturated carbocycles. The van der Waals surface area contributed by atoms with Crippen LogP contribution in [0, 0.1) is 18.7 Å². The number of carbonyl (C=O) groups excluding carboxylic acids is 2. The van der Waals surface area contributed by atoms with Gasteiger partial charge in [-0.1, -0.05) is 6.07 Å². The van der Waals surface area contributed by atoms with Crippen molar-refractivity contribution in [1.82, 2.24) is 4.90 Å². The summed E-state index contributed by atoms with van der Waals surface area (Å²) in [6.07, 6.45) is 1.99. The number of hydrogen-bond acceptors (Lipinski definition) is 4. The fourth-order valence-electron chi connectivity index (χ4n) is 3.34. The molecule has 2 heterocycles. The molecule has 2 amide bonds. The largest absolute Gasteiger partial charge is 0.338 e. The van der Waals surface area contributed by atoms with E-state index in [0.29, 0.717) is 22.3 Å². The molecule has 1 saturated heterocycles. The normalized spacial score (nSPS) is 17.6. The summed E-state index contributed by atoms with van der Waals surface area (Å²) < 4.78 is 13.3. The van der Waals surface area contributed by atoms with Crippen LogP contribution in [0.25, 0.3) is 0 Å². The second-order valence-corrected chi connectivity index (χ2v) is 8.15. The fourth-order valence-corrected chi connectivity index (χ4v) is 4.37. The molecule has 1 aliphatic rings. The highest BCUT2D eigenvalue weighted by Crippen LogP contribution is 2.30. The Hall–Kier alpha value is -1.96. The van der Waals surface area contributed by atoms with Crippen molar-refractivity contribution in [2.24, 2.45) is 11.7 Å². The number of likely N-dealkylation sites (tertiary alicyclic amines) is 1. The number of nitrogens with two attached hydrogens (primary N) is 1. The molecule has 2 unspecified atom stereocenters. The van der Waals surface area contributed by atoms with E-state index in [1.165, 1.54) is 29.5 Å². The zero-order chi connectivity index (χ0) is 19.6. The summed E-state index contributed by atoms with van der Waals surface area (Å²) in [6.45, 7) is 5.23. The van der Waals surface area contributed by atoms with E-state index in [0.717, 1.165) is 24.9 Å². The predicted molar refractivity (Wildman–Crippen MR) is 113 cm³/mol. The minimum atomic E-state index is -0.463. The standard InChI is InChI=1S/C20H24FN3O2S.ClH/c1-12-9-17(23-19(25)14-5-3-7-16(21)10-14)27-18(12)20(26)24-8-4-6-15(11-24)13(2)22;/h3,5,7,9-10,13,15H,4,6,8,11,22H2,1-2H3,(H,23,25);1H. The van der Waals surface area contributed by atoms with Gasteiger partial charge in [0.2, 0.25) is 0 Å². The van der Waals surface area contributed by atoms with E-state index in [1.54, 1.807) is 12.1 Å². The highest BCUT2D eigenvalue weighted by atomic mass is 35.5. The van der Waals surface area contributed by atoms with Crippen molar-refractivity contribution in [3.05, 3.63) is 52.2 Å². The maximum absolute atomic E-state index is 13.3. The topological polar surface area (TPSA) is 75.4 Å². The van der Waals surface area contributed by atoms with Gasteiger partial charge in [0.1, 0.15) is 5.82 Å². The predicted octanol–water partition coefficient (Wildman–Crippen LogP) is 4.07. The Morgan fingerprint density at radius 3 is 2.79 bits per heavy atom. The third-order valence-electron chi connectivity index (χ3n) is 4.92. The van der Waals surface area contributed by atoms with Gasteiger partial charge in [-0.3, -0.25) is 9.59 Å². The summed E-state index contributed by atoms with van der Waals surface area (Å²) in [6, 6.07) is 7.35. The number of carbonyl (C=O) groups is 2. The Balaban J connectivity index is 0.00000280. The molecule has 2 aromatic rings. The number of benzene rings is 1. The van der Waals surface area contributed by atoms with Crippen LogP contribution in [0.4, 0.5) is 9.39 Å². The SMILES string of the molecule is Cc1cc(NC(=O)c2cccc(F)c2)sc1C(=O)N1CCCC(C(C)N)C1.Cl. The molecule has 5 nitrogen and oxygen atoms in total. The zero-order valence-corrected chi connectivity index (χ0v) is 17.5. The summed E-state index contributed by atoms with van der Waals surface area (Å²) in [7, 11) is 0. The van der Waals surface area contributed by atoms with E-state index in [2.05, 4.69) is 5.32 Å². The van der Waals surface area contributed by atoms with E-state index in [1.807, 2.05) is 18.7 Å². The van der Waals surface area contributed by atoms with Crippen LogP contribution in [0.15, 0.2) is 30.3 Å². The first kappa shape index (κ1) is 22.3. The molecule has 3 rings (SSSR count). The lowest BCUT2D eigenvalue weighted by atomic mass is 9.92. The smallest absolute Gasteiger partial charge is 0.264 e. The maximum Gasteiger partial charge on any atom is 0.264 e. The minimum Gasteiger partial charge on any atom is -0.338 e. The van der Waals surface area contributed by atoms with Gasteiger partial charge < -0.3 is 16.0 Å². The summed E-state index contributed by atoms with van der Waals surface area (Å²) in [5.41, 5.74) is 7.08. The summed E-state index contributed by atoms with van der Waals surface area (Å²) in [4.78, 5) is 27.7. The van der Waals surface area contributed by atoms with Gasteiger partial charge in [0.15, 0.2) is 0 Å². The van der Waals surface area contributed by atoms with Gasteiger partial charge in [-0.2, -0.15) is 0 Å². The van der Waals surface area contributed by atoms with Gasteiger partial charge in [0.25, 0.3) is 11.8 Å². The van der Waals surface area contributed by atoms with Gasteiger partial charge in [0.05, 0.1) is 9.88 Å². The summed E-state index contributed by atoms with van der Waals surface area (Å²) in [5.74, 6) is -0.566. The number of nitrogens with one attached hydrogen (secondary N) is 1. The molecule has 2 atom stereocenters. The van der Waals surface area contributed by atoms with Crippen LogP contribution in [0.2, 0.25) is 0 Å². The second-order valence-electron chi connectivity index (χ2n) is 7.10. The number of thiophene rings is 1. The van der Waals surface area contributed by atoms with Crippen LogP contribution in [0.3, 0.4) is 0 Å². The molecule has 8 heteroatoms. The van der Waals surface area contributed by atoms with Crippen molar-refractivity contribution < 1.29 is 14.0 Å². The van der Waals surface area contributed by atoms with E-state index in [9.17, 15) is 14.0 Å². The highest BCUT2D eigenvalue weighted by molar-refractivity contribution is 7.18. The Bertz CT molecular complexity index is 856. The Labute approximate surface area is 174 Å². The lowest BCUT2D eigenvalue weighted by Crippen LogP contribution is -2.45. The lowest BCUT2D eigenvalue weighted by molar-refractivity contribution is 0.0665. The first-order valence-corrected chi connectivity index (χ1v) is 9.89. The van der Waals surface area contributed by atoms with Gasteiger partial charge in [-0.25, -0.2) is 4.39 Å². The van der Waals surface area contributed by atoms with Crippen molar-refractivity contribution in [3.8, 4) is 0 Å². The molecule has 1 aliphatic heterocycles. The number of aryl methyl sites for hydroxylation is 1. The molecule has 1 aromatic heterocycles. The number of rotatable bonds is 4. The molecule has 0 bridgehead atoms. The third kappa shape index (κ3) is 5.10. The monoisotopic (exact) mass is 425 g/mol. The minimum absolute atomic E-state index is 0. The number of amides is 2. The van der Waals surface area contributed by atoms with Crippen molar-refractivity contribution in [2.75, 3.05) is 18.4 Å². The first-order valence-electron chi connectivity index (χ1n) is 9.07. The van der Waals surface area contributed by atoms with Gasteiger partial charge >= 0.3 is 0 Å². The van der Waals surface area contributed by atoms with Gasteiger partial charge in [-0.15, -0.1) is 23.7 Å². The van der Waals surface area contributed by atoms with Crippen LogP contribution in [-0.4, -0.2) is 35.8 Å². The molecular formula is C20H25ClFN3O2S. The molecule has 28 heavy (non-hydrogen) atoms. The van der Waals surface area contributed by atoms with Crippen LogP contribution in [-0.2, 0) is 0 Å². The molecule has 3 N–H and O–H groups in total. The molecule has 0 radical (unpaired) electrons. The van der Waals surface area contributed by atoms with Crippen LogP contribution in [0.5, 0.6) is 0 Å². The van der Waals surface area contributed by atoms with Crippen molar-refractivity contribution >= 4 is 40.6 Å². The van der Waals surface area contributed by atoms with Crippen molar-refractivity contribution in [3.63, 3.8) is 0 Å². The Morgan fingerprint density at radius 2 is 2.11 bits per heavy atom. The molecule has 152 valence electrons. The molecule has 1 aromatic carbocycles. The Kier molecular flexibility index (Phi) is 7.57. The zero-order valence-electron chi connectivity index (χ0n) is 15.9. The molecule has 0 aliphatic carbocycles. The van der Waals surface area contributed by atoms with E-state index in [-0.39, 0.29) is 29.9 Å². The van der Waals surface area contributed by atoms with Crippen LogP contribution in [0.1, 0.15) is 45.4 Å². The number of piperidine rings is 1. The molecule has 0 spiro atoms. The first-order chi connectivity index (χ1) is 12.8. The lowest BCUT2D eigenvalue weighted by Gasteiger charge is -2.34. The van der Waals surface area contributed by atoms with Crippen molar-refractivity contribution in [1.29, 1.82) is 0 Å². The van der Waals surface area contributed by atoms with Gasteiger partial charge in [0, 0.05) is 24.7 Å². The fraction of sp³-hybridized carbons (Fsp3) is 0.400. The summed E-state index contributed by atoms with van der Waals surface area (Å²) >= 11 is 1.25. The summed E-state index contributed by atoms with van der Waals surface area (Å²) in [5, 5.41) is 3.33. The quantitative estimate of drug-likeness (QED) is 0.775. The van der Waals surface area contributed by atoms with E-state index < -0.39 is 11.7 Å². The third-order valence-corrected chi connectivity index (χ3v) is 6.06. The maximum atomic E-state index is 13.3. The number of nitrogens with zero attached hydrogens (tertiary/aromatic N) is 1. The Morgan fingerprint density at radius 1 is 1.36 bits per heavy atom.